The predicted molar refractivity (Wildman–Crippen MR) is 80.7 cm³/mol. The van der Waals surface area contributed by atoms with Crippen LogP contribution in [0.15, 0.2) is 29.2 Å². The van der Waals surface area contributed by atoms with Gasteiger partial charge in [0.2, 0.25) is 15.9 Å². The highest BCUT2D eigenvalue weighted by Gasteiger charge is 2.13. The Kier molecular flexibility index (Phi) is 6.60. The minimum absolute atomic E-state index is 0.154. The zero-order valence-electron chi connectivity index (χ0n) is 12.3. The average Bonchev–Trinajstić information content (AvgIpc) is 2.48. The zero-order valence-corrected chi connectivity index (χ0v) is 13.2. The Balaban J connectivity index is 2.61. The van der Waals surface area contributed by atoms with E-state index < -0.39 is 16.1 Å². The lowest BCUT2D eigenvalue weighted by Crippen LogP contribution is -2.39. The van der Waals surface area contributed by atoms with Gasteiger partial charge in [-0.05, 0) is 38.2 Å². The Morgan fingerprint density at radius 1 is 1.29 bits per heavy atom. The Labute approximate surface area is 125 Å². The Morgan fingerprint density at radius 2 is 1.90 bits per heavy atom. The summed E-state index contributed by atoms with van der Waals surface area (Å²) in [4.78, 5) is 11.9. The monoisotopic (exact) mass is 315 g/mol. The molecule has 118 valence electrons. The van der Waals surface area contributed by atoms with E-state index in [0.717, 1.165) is 0 Å². The van der Waals surface area contributed by atoms with Crippen molar-refractivity contribution in [2.75, 3.05) is 32.6 Å². The van der Waals surface area contributed by atoms with Crippen molar-refractivity contribution < 1.29 is 17.9 Å². The number of anilines is 1. The van der Waals surface area contributed by atoms with Gasteiger partial charge in [-0.1, -0.05) is 0 Å². The van der Waals surface area contributed by atoms with Crippen molar-refractivity contribution in [3.8, 4) is 0 Å². The van der Waals surface area contributed by atoms with E-state index in [2.05, 4.69) is 15.4 Å². The summed E-state index contributed by atoms with van der Waals surface area (Å²) in [7, 11) is -0.526. The molecule has 21 heavy (non-hydrogen) atoms. The van der Waals surface area contributed by atoms with Crippen LogP contribution in [0.2, 0.25) is 0 Å². The van der Waals surface area contributed by atoms with Crippen LogP contribution in [0.5, 0.6) is 0 Å². The molecule has 1 atom stereocenters. The Bertz CT molecular complexity index is 557. The van der Waals surface area contributed by atoms with E-state index in [0.29, 0.717) is 18.8 Å². The van der Waals surface area contributed by atoms with Gasteiger partial charge >= 0.3 is 0 Å². The number of sulfonamides is 1. The molecular weight excluding hydrogens is 294 g/mol. The van der Waals surface area contributed by atoms with Crippen molar-refractivity contribution in [1.82, 2.24) is 10.0 Å². The average molecular weight is 315 g/mol. The highest BCUT2D eigenvalue weighted by atomic mass is 32.2. The summed E-state index contributed by atoms with van der Waals surface area (Å²) in [5.41, 5.74) is 0.666. The molecular formula is C13H21N3O4S. The van der Waals surface area contributed by atoms with Gasteiger partial charge in [0.25, 0.3) is 0 Å². The van der Waals surface area contributed by atoms with Gasteiger partial charge < -0.3 is 15.4 Å². The van der Waals surface area contributed by atoms with Crippen molar-refractivity contribution in [2.45, 2.75) is 17.9 Å². The lowest BCUT2D eigenvalue weighted by Gasteiger charge is -2.15. The Morgan fingerprint density at radius 3 is 2.43 bits per heavy atom. The van der Waals surface area contributed by atoms with Gasteiger partial charge in [-0.15, -0.1) is 0 Å². The highest BCUT2D eigenvalue weighted by Crippen LogP contribution is 2.14. The van der Waals surface area contributed by atoms with Crippen molar-refractivity contribution in [2.24, 2.45) is 0 Å². The van der Waals surface area contributed by atoms with Crippen LogP contribution in [0.25, 0.3) is 0 Å². The molecule has 0 fully saturated rings. The second kappa shape index (κ2) is 7.96. The zero-order chi connectivity index (χ0) is 15.9. The van der Waals surface area contributed by atoms with E-state index >= 15 is 0 Å². The molecule has 0 aliphatic carbocycles. The van der Waals surface area contributed by atoms with Gasteiger partial charge in [-0.2, -0.15) is 0 Å². The van der Waals surface area contributed by atoms with E-state index in [1.807, 2.05) is 0 Å². The lowest BCUT2D eigenvalue weighted by atomic mass is 10.2. The maximum Gasteiger partial charge on any atom is 0.242 e. The molecule has 1 rings (SSSR count). The van der Waals surface area contributed by atoms with Crippen molar-refractivity contribution in [3.63, 3.8) is 0 Å². The lowest BCUT2D eigenvalue weighted by molar-refractivity contribution is -0.121. The summed E-state index contributed by atoms with van der Waals surface area (Å²) < 4.78 is 30.3. The van der Waals surface area contributed by atoms with Gasteiger partial charge in [0.05, 0.1) is 11.5 Å². The molecule has 0 spiro atoms. The largest absolute Gasteiger partial charge is 0.383 e. The van der Waals surface area contributed by atoms with Gasteiger partial charge in [-0.25, -0.2) is 13.1 Å². The minimum Gasteiger partial charge on any atom is -0.383 e. The van der Waals surface area contributed by atoms with E-state index in [-0.39, 0.29) is 10.8 Å². The summed E-state index contributed by atoms with van der Waals surface area (Å²) in [5.74, 6) is -0.154. The van der Waals surface area contributed by atoms with Crippen LogP contribution in [-0.2, 0) is 19.6 Å². The molecule has 1 aromatic carbocycles. The number of benzene rings is 1. The summed E-state index contributed by atoms with van der Waals surface area (Å²) >= 11 is 0. The normalized spacial score (nSPS) is 12.7. The molecule has 0 radical (unpaired) electrons. The highest BCUT2D eigenvalue weighted by molar-refractivity contribution is 7.89. The van der Waals surface area contributed by atoms with Gasteiger partial charge in [0.15, 0.2) is 0 Å². The molecule has 0 bridgehead atoms. The number of nitrogens with one attached hydrogen (secondary N) is 3. The maximum absolute atomic E-state index is 11.8. The first-order chi connectivity index (χ1) is 9.90. The number of carbonyl (C=O) groups excluding carboxylic acids is 1. The molecule has 3 N–H and O–H groups in total. The smallest absolute Gasteiger partial charge is 0.242 e. The molecule has 0 aliphatic rings. The topological polar surface area (TPSA) is 96.5 Å². The summed E-state index contributed by atoms with van der Waals surface area (Å²) in [6.07, 6.45) is 0. The number of hydrogen-bond donors (Lipinski definition) is 3. The van der Waals surface area contributed by atoms with Gasteiger partial charge in [0, 0.05) is 19.3 Å². The summed E-state index contributed by atoms with van der Waals surface area (Å²) in [6.45, 7) is 2.62. The molecule has 0 aromatic heterocycles. The maximum atomic E-state index is 11.8. The third-order valence-electron chi connectivity index (χ3n) is 2.82. The molecule has 7 nitrogen and oxygen atoms in total. The predicted octanol–water partition coefficient (Wildman–Crippen LogP) is 0.158. The molecule has 0 saturated carbocycles. The van der Waals surface area contributed by atoms with Crippen LogP contribution in [0.4, 0.5) is 5.69 Å². The molecule has 0 saturated heterocycles. The van der Waals surface area contributed by atoms with E-state index in [1.165, 1.54) is 19.2 Å². The van der Waals surface area contributed by atoms with Crippen LogP contribution in [-0.4, -0.2) is 47.7 Å². The first-order valence-electron chi connectivity index (χ1n) is 6.47. The van der Waals surface area contributed by atoms with E-state index in [1.54, 1.807) is 26.2 Å². The van der Waals surface area contributed by atoms with E-state index in [4.69, 9.17) is 4.74 Å². The first-order valence-corrected chi connectivity index (χ1v) is 7.96. The third kappa shape index (κ3) is 5.33. The van der Waals surface area contributed by atoms with Crippen molar-refractivity contribution in [3.05, 3.63) is 24.3 Å². The fraction of sp³-hybridized carbons (Fsp3) is 0.462. The minimum atomic E-state index is -3.45. The number of amides is 1. The first kappa shape index (κ1) is 17.4. The van der Waals surface area contributed by atoms with Gasteiger partial charge in [0.1, 0.15) is 6.04 Å². The molecule has 0 aliphatic heterocycles. The molecule has 1 amide bonds. The van der Waals surface area contributed by atoms with Crippen LogP contribution in [0.1, 0.15) is 6.92 Å². The van der Waals surface area contributed by atoms with Gasteiger partial charge in [-0.3, -0.25) is 4.79 Å². The van der Waals surface area contributed by atoms with Crippen molar-refractivity contribution >= 4 is 21.6 Å². The molecule has 1 unspecified atom stereocenters. The second-order valence-electron chi connectivity index (χ2n) is 4.38. The van der Waals surface area contributed by atoms with Crippen molar-refractivity contribution in [1.29, 1.82) is 0 Å². The van der Waals surface area contributed by atoms with Crippen LogP contribution in [0.3, 0.4) is 0 Å². The molecule has 1 aromatic rings. The Hall–Kier alpha value is -1.64. The van der Waals surface area contributed by atoms with Crippen LogP contribution in [0, 0.1) is 0 Å². The standard InChI is InChI=1S/C13H21N3O4S/c1-10(13(17)15-8-9-20-3)16-11-4-6-12(7-5-11)21(18,19)14-2/h4-7,10,14,16H,8-9H2,1-3H3,(H,15,17). The second-order valence-corrected chi connectivity index (χ2v) is 6.27. The number of ether oxygens (including phenoxy) is 1. The summed E-state index contributed by atoms with van der Waals surface area (Å²) in [5, 5.41) is 5.71. The van der Waals surface area contributed by atoms with Crippen LogP contribution < -0.4 is 15.4 Å². The number of rotatable bonds is 8. The fourth-order valence-corrected chi connectivity index (χ4v) is 2.32. The van der Waals surface area contributed by atoms with E-state index in [9.17, 15) is 13.2 Å². The third-order valence-corrected chi connectivity index (χ3v) is 4.25. The summed E-state index contributed by atoms with van der Waals surface area (Å²) in [6, 6.07) is 5.74. The van der Waals surface area contributed by atoms with Crippen LogP contribution >= 0.6 is 0 Å². The number of hydrogen-bond acceptors (Lipinski definition) is 5. The number of methoxy groups -OCH3 is 1. The SMILES string of the molecule is CNS(=O)(=O)c1ccc(NC(C)C(=O)NCCOC)cc1. The number of carbonyl (C=O) groups is 1. The molecule has 0 heterocycles. The quantitative estimate of drug-likeness (QED) is 0.594. The molecule has 8 heteroatoms. The fourth-order valence-electron chi connectivity index (χ4n) is 1.59.